The Bertz CT molecular complexity index is 574. The van der Waals surface area contributed by atoms with E-state index in [4.69, 9.17) is 10.00 Å². The fraction of sp³-hybridized carbons (Fsp3) is 0.462. The van der Waals surface area contributed by atoms with Crippen LogP contribution in [0.4, 0.5) is 13.2 Å². The number of aromatic nitrogens is 1. The summed E-state index contributed by atoms with van der Waals surface area (Å²) in [4.78, 5) is 14.9. The van der Waals surface area contributed by atoms with Crippen LogP contribution >= 0.6 is 11.8 Å². The van der Waals surface area contributed by atoms with Crippen molar-refractivity contribution in [3.63, 3.8) is 0 Å². The molecule has 0 N–H and O–H groups in total. The quantitative estimate of drug-likeness (QED) is 0.631. The number of halogens is 3. The van der Waals surface area contributed by atoms with Crippen molar-refractivity contribution >= 4 is 17.7 Å². The summed E-state index contributed by atoms with van der Waals surface area (Å²) in [6, 6.07) is 3.51. The van der Waals surface area contributed by atoms with Crippen molar-refractivity contribution in [2.24, 2.45) is 0 Å². The van der Waals surface area contributed by atoms with Crippen LogP contribution in [0.25, 0.3) is 0 Å². The first-order chi connectivity index (χ1) is 9.53. The summed E-state index contributed by atoms with van der Waals surface area (Å²) in [6.45, 7) is 5.04. The monoisotopic (exact) mass is 318 g/mol. The van der Waals surface area contributed by atoms with Gasteiger partial charge in [0.15, 0.2) is 0 Å². The molecule has 1 rings (SSSR count). The Labute approximate surface area is 124 Å². The number of thioether (sulfide) groups is 1. The molecule has 1 aromatic rings. The number of hydrogen-bond donors (Lipinski definition) is 0. The Morgan fingerprint density at radius 2 is 2.00 bits per heavy atom. The number of alkyl halides is 3. The van der Waals surface area contributed by atoms with Crippen LogP contribution < -0.4 is 0 Å². The molecule has 0 atom stereocenters. The topological polar surface area (TPSA) is 63.0 Å². The molecule has 1 aromatic heterocycles. The first-order valence-corrected chi connectivity index (χ1v) is 6.84. The van der Waals surface area contributed by atoms with E-state index in [0.29, 0.717) is 0 Å². The molecule has 0 aliphatic rings. The van der Waals surface area contributed by atoms with Crippen LogP contribution in [-0.4, -0.2) is 22.3 Å². The van der Waals surface area contributed by atoms with E-state index in [1.165, 1.54) is 0 Å². The maximum absolute atomic E-state index is 12.6. The van der Waals surface area contributed by atoms with E-state index >= 15 is 0 Å². The number of ether oxygens (including phenoxy) is 1. The summed E-state index contributed by atoms with van der Waals surface area (Å²) in [6.07, 6.45) is -4.60. The molecule has 0 aliphatic heterocycles. The Morgan fingerprint density at radius 3 is 2.48 bits per heavy atom. The van der Waals surface area contributed by atoms with Gasteiger partial charge in [0, 0.05) is 0 Å². The third-order valence-electron chi connectivity index (χ3n) is 2.02. The minimum atomic E-state index is -4.60. The van der Waals surface area contributed by atoms with Crippen molar-refractivity contribution < 1.29 is 22.7 Å². The number of nitriles is 1. The number of esters is 1. The van der Waals surface area contributed by atoms with Gasteiger partial charge in [-0.05, 0) is 32.9 Å². The third kappa shape index (κ3) is 5.63. The van der Waals surface area contributed by atoms with Gasteiger partial charge in [-0.1, -0.05) is 11.8 Å². The van der Waals surface area contributed by atoms with Crippen molar-refractivity contribution in [1.29, 1.82) is 5.26 Å². The van der Waals surface area contributed by atoms with Crippen LogP contribution in [0.1, 0.15) is 32.0 Å². The average molecular weight is 318 g/mol. The Morgan fingerprint density at radius 1 is 1.38 bits per heavy atom. The molecule has 0 radical (unpaired) electrons. The highest BCUT2D eigenvalue weighted by Gasteiger charge is 2.33. The minimum absolute atomic E-state index is 0.0171. The molecule has 0 unspecified atom stereocenters. The number of pyridine rings is 1. The standard InChI is InChI=1S/C13H13F3N2O2S/c1-12(2,3)20-10(19)7-21-11-8(6-17)4-5-9(18-11)13(14,15)16/h4-5H,7H2,1-3H3. The van der Waals surface area contributed by atoms with Crippen molar-refractivity contribution in [2.45, 2.75) is 37.6 Å². The summed E-state index contributed by atoms with van der Waals surface area (Å²) in [5.41, 5.74) is -1.80. The molecular formula is C13H13F3N2O2S. The molecule has 0 bridgehead atoms. The van der Waals surface area contributed by atoms with Crippen LogP contribution in [0.3, 0.4) is 0 Å². The molecule has 0 saturated carbocycles. The zero-order chi connectivity index (χ0) is 16.3. The highest BCUT2D eigenvalue weighted by atomic mass is 32.2. The summed E-state index contributed by atoms with van der Waals surface area (Å²) >= 11 is 0.743. The van der Waals surface area contributed by atoms with Gasteiger partial charge in [-0.3, -0.25) is 4.79 Å². The predicted molar refractivity (Wildman–Crippen MR) is 70.5 cm³/mol. The fourth-order valence-electron chi connectivity index (χ4n) is 1.29. The molecule has 0 aromatic carbocycles. The zero-order valence-corrected chi connectivity index (χ0v) is 12.4. The molecule has 0 spiro atoms. The molecule has 0 saturated heterocycles. The molecule has 4 nitrogen and oxygen atoms in total. The second-order valence-electron chi connectivity index (χ2n) is 5.03. The summed E-state index contributed by atoms with van der Waals surface area (Å²) in [5, 5.41) is 8.72. The predicted octanol–water partition coefficient (Wildman–Crippen LogP) is 3.41. The summed E-state index contributed by atoms with van der Waals surface area (Å²) in [5.74, 6) is -0.809. The van der Waals surface area contributed by atoms with E-state index in [9.17, 15) is 18.0 Å². The minimum Gasteiger partial charge on any atom is -0.459 e. The van der Waals surface area contributed by atoms with Gasteiger partial charge in [-0.15, -0.1) is 0 Å². The van der Waals surface area contributed by atoms with Gasteiger partial charge in [0.2, 0.25) is 0 Å². The lowest BCUT2D eigenvalue weighted by Gasteiger charge is -2.19. The van der Waals surface area contributed by atoms with E-state index in [-0.39, 0.29) is 16.3 Å². The van der Waals surface area contributed by atoms with E-state index in [0.717, 1.165) is 23.9 Å². The third-order valence-corrected chi connectivity index (χ3v) is 2.98. The molecule has 0 aliphatic carbocycles. The summed E-state index contributed by atoms with van der Waals surface area (Å²) in [7, 11) is 0. The number of carbonyl (C=O) groups excluding carboxylic acids is 1. The molecular weight excluding hydrogens is 305 g/mol. The van der Waals surface area contributed by atoms with Gasteiger partial charge in [0.25, 0.3) is 0 Å². The van der Waals surface area contributed by atoms with Crippen LogP contribution in [0.15, 0.2) is 17.2 Å². The smallest absolute Gasteiger partial charge is 0.433 e. The van der Waals surface area contributed by atoms with E-state index in [2.05, 4.69) is 4.98 Å². The number of rotatable bonds is 3. The Kier molecular flexibility index (Phi) is 5.23. The van der Waals surface area contributed by atoms with Gasteiger partial charge >= 0.3 is 12.1 Å². The number of carbonyl (C=O) groups is 1. The maximum Gasteiger partial charge on any atom is 0.433 e. The molecule has 0 fully saturated rings. The van der Waals surface area contributed by atoms with Crippen molar-refractivity contribution in [3.05, 3.63) is 23.4 Å². The maximum atomic E-state index is 12.6. The molecule has 8 heteroatoms. The highest BCUT2D eigenvalue weighted by Crippen LogP contribution is 2.30. The highest BCUT2D eigenvalue weighted by molar-refractivity contribution is 7.99. The Hall–Kier alpha value is -1.75. The van der Waals surface area contributed by atoms with Crippen LogP contribution in [0.2, 0.25) is 0 Å². The molecule has 114 valence electrons. The average Bonchev–Trinajstić information content (AvgIpc) is 2.32. The number of hydrogen-bond acceptors (Lipinski definition) is 5. The van der Waals surface area contributed by atoms with Crippen LogP contribution in [0, 0.1) is 11.3 Å². The van der Waals surface area contributed by atoms with Crippen LogP contribution in [-0.2, 0) is 15.7 Å². The van der Waals surface area contributed by atoms with Gasteiger partial charge in [-0.2, -0.15) is 18.4 Å². The van der Waals surface area contributed by atoms with E-state index in [1.54, 1.807) is 26.8 Å². The molecule has 1 heterocycles. The first kappa shape index (κ1) is 17.3. The lowest BCUT2D eigenvalue weighted by Crippen LogP contribution is -2.25. The van der Waals surface area contributed by atoms with Gasteiger partial charge in [0.1, 0.15) is 22.4 Å². The van der Waals surface area contributed by atoms with Crippen LogP contribution in [0.5, 0.6) is 0 Å². The lowest BCUT2D eigenvalue weighted by atomic mass is 10.2. The van der Waals surface area contributed by atoms with E-state index < -0.39 is 23.4 Å². The largest absolute Gasteiger partial charge is 0.459 e. The van der Waals surface area contributed by atoms with Crippen molar-refractivity contribution in [2.75, 3.05) is 5.75 Å². The van der Waals surface area contributed by atoms with Gasteiger partial charge in [0.05, 0.1) is 11.3 Å². The molecule has 0 amide bonds. The van der Waals surface area contributed by atoms with Gasteiger partial charge < -0.3 is 4.74 Å². The Balaban J connectivity index is 2.87. The molecule has 21 heavy (non-hydrogen) atoms. The fourth-order valence-corrected chi connectivity index (χ4v) is 2.04. The second-order valence-corrected chi connectivity index (χ2v) is 6.00. The number of nitrogens with zero attached hydrogens (tertiary/aromatic N) is 2. The first-order valence-electron chi connectivity index (χ1n) is 5.86. The van der Waals surface area contributed by atoms with Crippen molar-refractivity contribution in [3.8, 4) is 6.07 Å². The van der Waals surface area contributed by atoms with E-state index in [1.807, 2.05) is 0 Å². The second kappa shape index (κ2) is 6.35. The SMILES string of the molecule is CC(C)(C)OC(=O)CSc1nc(C(F)(F)F)ccc1C#N. The normalized spacial score (nSPS) is 11.9. The zero-order valence-electron chi connectivity index (χ0n) is 11.6. The van der Waals surface area contributed by atoms with Crippen molar-refractivity contribution in [1.82, 2.24) is 4.98 Å². The van der Waals surface area contributed by atoms with Gasteiger partial charge in [-0.25, -0.2) is 4.98 Å². The lowest BCUT2D eigenvalue weighted by molar-refractivity contribution is -0.151. The summed E-state index contributed by atoms with van der Waals surface area (Å²) < 4.78 is 42.8.